The number of esters is 1. The lowest BCUT2D eigenvalue weighted by Crippen LogP contribution is -2.07. The van der Waals surface area contributed by atoms with E-state index in [2.05, 4.69) is 19.9 Å². The fourth-order valence-corrected chi connectivity index (χ4v) is 3.69. The van der Waals surface area contributed by atoms with Gasteiger partial charge in [-0.3, -0.25) is 19.9 Å². The molecule has 0 saturated heterocycles. The number of carbonyl (C=O) groups excluding carboxylic acids is 1. The van der Waals surface area contributed by atoms with Crippen LogP contribution in [0.4, 0.5) is 0 Å². The fraction of sp³-hybridized carbons (Fsp3) is 0.312. The van der Waals surface area contributed by atoms with Gasteiger partial charge in [-0.15, -0.1) is 0 Å². The van der Waals surface area contributed by atoms with Crippen molar-refractivity contribution in [3.05, 3.63) is 105 Å². The third kappa shape index (κ3) is 8.82. The van der Waals surface area contributed by atoms with Crippen molar-refractivity contribution < 1.29 is 28.9 Å². The van der Waals surface area contributed by atoms with Crippen LogP contribution >= 0.6 is 0 Å². The second kappa shape index (κ2) is 14.7. The molecule has 2 heterocycles. The number of ether oxygens (including phenoxy) is 3. The first kappa shape index (κ1) is 31.7. The van der Waals surface area contributed by atoms with Crippen molar-refractivity contribution in [2.45, 2.75) is 61.7 Å². The molecule has 10 nitrogen and oxygen atoms in total. The topological polar surface area (TPSA) is 134 Å². The van der Waals surface area contributed by atoms with E-state index in [1.807, 2.05) is 41.5 Å². The quantitative estimate of drug-likeness (QED) is 0.244. The first-order chi connectivity index (χ1) is 20.0. The van der Waals surface area contributed by atoms with Gasteiger partial charge in [0.1, 0.15) is 24.7 Å². The minimum atomic E-state index is -0.951. The molecule has 2 aromatic carbocycles. The normalized spacial score (nSPS) is 10.4. The van der Waals surface area contributed by atoms with Crippen LogP contribution in [-0.2, 0) is 18.0 Å². The molecule has 0 radical (unpaired) electrons. The van der Waals surface area contributed by atoms with E-state index in [9.17, 15) is 9.59 Å². The molecule has 0 aliphatic rings. The Labute approximate surface area is 245 Å². The molecule has 1 N–H and O–H groups in total. The Morgan fingerprint density at radius 3 is 1.36 bits per heavy atom. The molecule has 0 bridgehead atoms. The highest BCUT2D eigenvalue weighted by molar-refractivity contribution is 5.89. The number of nitrogens with zero attached hydrogens (tertiary/aromatic N) is 4. The van der Waals surface area contributed by atoms with Crippen molar-refractivity contribution in [3.63, 3.8) is 0 Å². The van der Waals surface area contributed by atoms with Crippen LogP contribution in [0.1, 0.15) is 73.2 Å². The van der Waals surface area contributed by atoms with Gasteiger partial charge in [0.15, 0.2) is 0 Å². The minimum Gasteiger partial charge on any atom is -0.487 e. The maximum absolute atomic E-state index is 11.6. The van der Waals surface area contributed by atoms with Crippen molar-refractivity contribution in [3.8, 4) is 11.5 Å². The van der Waals surface area contributed by atoms with Gasteiger partial charge in [0, 0.05) is 0 Å². The summed E-state index contributed by atoms with van der Waals surface area (Å²) in [5.74, 6) is -0.000699. The zero-order chi connectivity index (χ0) is 30.8. The van der Waals surface area contributed by atoms with Crippen molar-refractivity contribution in [1.29, 1.82) is 0 Å². The number of rotatable bonds is 9. The SMILES string of the molecule is CCOC(=O)c1ccc(OCc2nc(C)c(C)nc2C)cc1.Cc1nc(C)c(COc2ccc(C(=O)O)cc2)nc1C. The van der Waals surface area contributed by atoms with Gasteiger partial charge in [-0.1, -0.05) is 0 Å². The Morgan fingerprint density at radius 2 is 0.976 bits per heavy atom. The van der Waals surface area contributed by atoms with E-state index < -0.39 is 5.97 Å². The number of aromatic nitrogens is 4. The van der Waals surface area contributed by atoms with E-state index >= 15 is 0 Å². The summed E-state index contributed by atoms with van der Waals surface area (Å²) >= 11 is 0. The summed E-state index contributed by atoms with van der Waals surface area (Å²) < 4.78 is 16.3. The number of aryl methyl sites for hydroxylation is 6. The second-order valence-electron chi connectivity index (χ2n) is 9.50. The van der Waals surface area contributed by atoms with Gasteiger partial charge in [0.2, 0.25) is 0 Å². The summed E-state index contributed by atoms with van der Waals surface area (Å²) in [6.45, 7) is 14.3. The predicted octanol–water partition coefficient (Wildman–Crippen LogP) is 5.84. The summed E-state index contributed by atoms with van der Waals surface area (Å²) in [5, 5.41) is 8.82. The van der Waals surface area contributed by atoms with Crippen molar-refractivity contribution in [2.24, 2.45) is 0 Å². The Bertz CT molecular complexity index is 1540. The predicted molar refractivity (Wildman–Crippen MR) is 157 cm³/mol. The molecule has 0 aliphatic heterocycles. The molecule has 0 atom stereocenters. The first-order valence-corrected chi connectivity index (χ1v) is 13.5. The van der Waals surface area contributed by atoms with E-state index in [0.29, 0.717) is 36.9 Å². The lowest BCUT2D eigenvalue weighted by Gasteiger charge is -2.10. The van der Waals surface area contributed by atoms with Gasteiger partial charge < -0.3 is 19.3 Å². The van der Waals surface area contributed by atoms with Crippen LogP contribution in [0.25, 0.3) is 0 Å². The monoisotopic (exact) mass is 572 g/mol. The molecule has 220 valence electrons. The number of carbonyl (C=O) groups is 2. The lowest BCUT2D eigenvalue weighted by atomic mass is 10.2. The molecular formula is C32H36N4O6. The summed E-state index contributed by atoms with van der Waals surface area (Å²) in [6.07, 6.45) is 0. The van der Waals surface area contributed by atoms with Gasteiger partial charge in [0.25, 0.3) is 0 Å². The van der Waals surface area contributed by atoms with Crippen LogP contribution in [0.2, 0.25) is 0 Å². The minimum absolute atomic E-state index is 0.236. The Morgan fingerprint density at radius 1 is 0.595 bits per heavy atom. The van der Waals surface area contributed by atoms with E-state index in [4.69, 9.17) is 19.3 Å². The molecule has 2 aromatic heterocycles. The van der Waals surface area contributed by atoms with Crippen LogP contribution in [-0.4, -0.2) is 43.6 Å². The van der Waals surface area contributed by atoms with Gasteiger partial charge in [-0.2, -0.15) is 0 Å². The average Bonchev–Trinajstić information content (AvgIpc) is 2.96. The molecule has 0 saturated carbocycles. The Hall–Kier alpha value is -4.86. The molecule has 10 heteroatoms. The molecule has 0 amide bonds. The highest BCUT2D eigenvalue weighted by Crippen LogP contribution is 2.17. The Balaban J connectivity index is 0.000000231. The first-order valence-electron chi connectivity index (χ1n) is 13.5. The molecule has 4 rings (SSSR count). The zero-order valence-corrected chi connectivity index (χ0v) is 25.0. The molecule has 0 spiro atoms. The lowest BCUT2D eigenvalue weighted by molar-refractivity contribution is 0.0525. The number of aromatic carboxylic acids is 1. The summed E-state index contributed by atoms with van der Waals surface area (Å²) in [7, 11) is 0. The van der Waals surface area contributed by atoms with Crippen molar-refractivity contribution in [1.82, 2.24) is 19.9 Å². The second-order valence-corrected chi connectivity index (χ2v) is 9.50. The van der Waals surface area contributed by atoms with E-state index in [0.717, 1.165) is 45.6 Å². The van der Waals surface area contributed by atoms with Crippen LogP contribution in [0.15, 0.2) is 48.5 Å². The van der Waals surface area contributed by atoms with Crippen LogP contribution in [0.5, 0.6) is 11.5 Å². The molecular weight excluding hydrogens is 536 g/mol. The highest BCUT2D eigenvalue weighted by atomic mass is 16.5. The van der Waals surface area contributed by atoms with Crippen LogP contribution in [0, 0.1) is 41.5 Å². The highest BCUT2D eigenvalue weighted by Gasteiger charge is 2.09. The zero-order valence-electron chi connectivity index (χ0n) is 25.0. The molecule has 0 fully saturated rings. The van der Waals surface area contributed by atoms with Gasteiger partial charge >= 0.3 is 11.9 Å². The maximum atomic E-state index is 11.6. The fourth-order valence-electron chi connectivity index (χ4n) is 3.69. The number of hydrogen-bond acceptors (Lipinski definition) is 9. The van der Waals surface area contributed by atoms with E-state index in [1.54, 1.807) is 43.3 Å². The number of carboxylic acid groups (broad SMARTS) is 1. The standard InChI is InChI=1S/C17H20N2O3.C15H16N2O3/c1-5-21-17(20)14-6-8-15(9-7-14)22-10-16-13(4)18-11(2)12(3)19-16;1-9-10(2)17-14(11(3)16-9)8-20-13-6-4-12(5-7-13)15(18)19/h6-9H,5,10H2,1-4H3;4-7H,8H2,1-3H3,(H,18,19). The largest absolute Gasteiger partial charge is 0.487 e. The third-order valence-electron chi connectivity index (χ3n) is 6.38. The summed E-state index contributed by atoms with van der Waals surface area (Å²) in [4.78, 5) is 40.1. The van der Waals surface area contributed by atoms with Gasteiger partial charge in [0.05, 0.1) is 63.3 Å². The number of carboxylic acids is 1. The third-order valence-corrected chi connectivity index (χ3v) is 6.38. The number of benzene rings is 2. The molecule has 42 heavy (non-hydrogen) atoms. The van der Waals surface area contributed by atoms with Crippen molar-refractivity contribution >= 4 is 11.9 Å². The molecule has 0 unspecified atom stereocenters. The summed E-state index contributed by atoms with van der Waals surface area (Å²) in [6, 6.07) is 13.2. The molecule has 0 aliphatic carbocycles. The average molecular weight is 573 g/mol. The van der Waals surface area contributed by atoms with Crippen molar-refractivity contribution in [2.75, 3.05) is 6.61 Å². The van der Waals surface area contributed by atoms with Gasteiger partial charge in [-0.05, 0) is 97.0 Å². The summed E-state index contributed by atoms with van der Waals surface area (Å²) in [5.41, 5.74) is 7.69. The Kier molecular flexibility index (Phi) is 11.1. The van der Waals surface area contributed by atoms with Crippen LogP contribution in [0.3, 0.4) is 0 Å². The van der Waals surface area contributed by atoms with E-state index in [-0.39, 0.29) is 11.5 Å². The van der Waals surface area contributed by atoms with E-state index in [1.165, 1.54) is 12.1 Å². The van der Waals surface area contributed by atoms with Crippen LogP contribution < -0.4 is 9.47 Å². The maximum Gasteiger partial charge on any atom is 0.338 e. The smallest absolute Gasteiger partial charge is 0.338 e. The molecule has 4 aromatic rings. The van der Waals surface area contributed by atoms with Gasteiger partial charge in [-0.25, -0.2) is 9.59 Å². The number of hydrogen-bond donors (Lipinski definition) is 1.